The lowest BCUT2D eigenvalue weighted by atomic mass is 9.84. The summed E-state index contributed by atoms with van der Waals surface area (Å²) in [7, 11) is -1.36. The van der Waals surface area contributed by atoms with Gasteiger partial charge in [-0.25, -0.2) is 4.67 Å². The molecule has 4 fully saturated rings. The van der Waals surface area contributed by atoms with Crippen molar-refractivity contribution in [3.8, 4) is 6.07 Å². The van der Waals surface area contributed by atoms with Crippen molar-refractivity contribution < 1.29 is 200 Å². The van der Waals surface area contributed by atoms with E-state index in [0.29, 0.717) is 18.8 Å². The van der Waals surface area contributed by atoms with E-state index in [1.807, 2.05) is 0 Å². The summed E-state index contributed by atoms with van der Waals surface area (Å²) in [5.74, 6) is -10.3. The Kier molecular flexibility index (Phi) is 64.1. The molecule has 53 heteroatoms. The zero-order valence-electron chi connectivity index (χ0n) is 86.5. The molecular weight excluding hydrogens is 1960 g/mol. The van der Waals surface area contributed by atoms with Crippen molar-refractivity contribution in [2.75, 3.05) is 185 Å². The number of nitrogens with zero attached hydrogens (tertiary/aromatic N) is 2. The Bertz CT molecular complexity index is 3920. The van der Waals surface area contributed by atoms with Gasteiger partial charge in [-0.15, -0.1) is 0 Å². The first-order valence-corrected chi connectivity index (χ1v) is 49.9. The van der Waals surface area contributed by atoms with Crippen LogP contribution in [0.15, 0.2) is 0 Å². The average molecular weight is 2110 g/mol. The first kappa shape index (κ1) is 129. The summed E-state index contributed by atoms with van der Waals surface area (Å²) in [6.07, 6.45) is -12.0. The minimum Gasteiger partial charge on any atom is -0.463 e. The zero-order chi connectivity index (χ0) is 108. The number of esters is 9. The van der Waals surface area contributed by atoms with E-state index in [-0.39, 0.29) is 214 Å². The quantitative estimate of drug-likeness (QED) is 0.0168. The Labute approximate surface area is 851 Å². The molecule has 0 aromatic carbocycles. The number of nitrogens with one attached hydrogen (secondary N) is 8. The summed E-state index contributed by atoms with van der Waals surface area (Å²) < 4.78 is 146. The molecule has 0 radical (unpaired) electrons. The molecule has 4 rings (SSSR count). The van der Waals surface area contributed by atoms with Crippen LogP contribution in [0.4, 0.5) is 0 Å². The van der Waals surface area contributed by atoms with Gasteiger partial charge in [0.15, 0.2) is 55.5 Å². The predicted octanol–water partition coefficient (Wildman–Crippen LogP) is -0.308. The van der Waals surface area contributed by atoms with Gasteiger partial charge in [-0.05, 0) is 65.7 Å². The van der Waals surface area contributed by atoms with Crippen molar-refractivity contribution in [3.63, 3.8) is 0 Å². The highest BCUT2D eigenvalue weighted by Gasteiger charge is 2.55. The molecule has 16 atom stereocenters. The maximum absolute atomic E-state index is 14.2. The SMILES string of the molecule is CC(=O)N[C@H]1[C@H](OCCOCCNCC(=O)CCOCC(COCCC(=O)NCCOCCO[C@@H]2O[C@H](COC(C)=O)[C@H](OC(C)=O)[C@H](OC(C)=O)[C@H]2NC(C)=O)(COCCC(=O)NCCOCCO[C@@H]2O[C@H](COC(C)=O)[C@H](OC(C)=O)[C@H](OC(C)=O)[C@H]2NC(C)=O)NC(=O)CCOCCOCCNC(=O)CCC2CCC(OP(OCCC#N)N(C(C)C)C(C)C)CC2)O[C@H](COC(C)=O)[C@H](OC(C)=O)[C@@H]1OC(C)=O. The number of hydrogen-bond donors (Lipinski definition) is 8. The lowest BCUT2D eigenvalue weighted by molar-refractivity contribution is -0.279. The second kappa shape index (κ2) is 72.7. The Hall–Kier alpha value is -9.61. The summed E-state index contributed by atoms with van der Waals surface area (Å²) in [6.45, 7) is 18.4. The summed E-state index contributed by atoms with van der Waals surface area (Å²) in [5.41, 5.74) is -1.61. The number of nitriles is 1. The van der Waals surface area contributed by atoms with Crippen LogP contribution in [0.2, 0.25) is 0 Å². The Balaban J connectivity index is 1.46. The molecule has 52 nitrogen and oxygen atoms in total. The van der Waals surface area contributed by atoms with Crippen LogP contribution in [0, 0.1) is 17.2 Å². The van der Waals surface area contributed by atoms with Crippen LogP contribution in [-0.2, 0) is 200 Å². The second-order valence-corrected chi connectivity index (χ2v) is 36.3. The fourth-order valence-electron chi connectivity index (χ4n) is 15.5. The first-order valence-electron chi connectivity index (χ1n) is 48.8. The highest BCUT2D eigenvalue weighted by atomic mass is 31.2. The van der Waals surface area contributed by atoms with Crippen molar-refractivity contribution >= 4 is 109 Å². The van der Waals surface area contributed by atoms with E-state index < -0.39 is 228 Å². The third-order valence-corrected chi connectivity index (χ3v) is 23.7. The van der Waals surface area contributed by atoms with Crippen LogP contribution in [-0.4, -0.2) is 406 Å². The third kappa shape index (κ3) is 54.5. The smallest absolute Gasteiger partial charge is 0.303 e. The number of rotatable bonds is 74. The number of hydrogen-bond acceptors (Lipinski definition) is 45. The average Bonchev–Trinajstić information content (AvgIpc) is 0.791. The summed E-state index contributed by atoms with van der Waals surface area (Å²) in [5, 5.41) is 31.2. The van der Waals surface area contributed by atoms with Gasteiger partial charge < -0.3 is 161 Å². The van der Waals surface area contributed by atoms with Crippen LogP contribution >= 0.6 is 8.53 Å². The maximum Gasteiger partial charge on any atom is 0.303 e. The summed E-state index contributed by atoms with van der Waals surface area (Å²) in [4.78, 5) is 214. The predicted molar refractivity (Wildman–Crippen MR) is 504 cm³/mol. The van der Waals surface area contributed by atoms with Crippen LogP contribution in [0.3, 0.4) is 0 Å². The molecule has 1 unspecified atom stereocenters. The molecule has 832 valence electrons. The number of carbonyl (C=O) groups is 17. The molecule has 4 aliphatic rings. The van der Waals surface area contributed by atoms with E-state index in [9.17, 15) is 81.5 Å². The molecule has 3 heterocycles. The van der Waals surface area contributed by atoms with Crippen LogP contribution in [0.25, 0.3) is 0 Å². The molecule has 0 bridgehead atoms. The van der Waals surface area contributed by atoms with Gasteiger partial charge >= 0.3 is 53.7 Å². The first-order chi connectivity index (χ1) is 69.5. The van der Waals surface area contributed by atoms with Crippen molar-refractivity contribution in [2.45, 2.75) is 297 Å². The van der Waals surface area contributed by atoms with Gasteiger partial charge in [-0.1, -0.05) is 0 Å². The van der Waals surface area contributed by atoms with Gasteiger partial charge in [0.2, 0.25) is 41.4 Å². The minimum atomic E-state index is -1.61. The van der Waals surface area contributed by atoms with Crippen LogP contribution in [0.5, 0.6) is 0 Å². The minimum absolute atomic E-state index is 0.00675. The Morgan fingerprint density at radius 3 is 1.03 bits per heavy atom. The Morgan fingerprint density at radius 2 is 0.692 bits per heavy atom. The topological polar surface area (TPSA) is 644 Å². The number of ether oxygens (including phenoxy) is 23. The van der Waals surface area contributed by atoms with E-state index in [0.717, 1.165) is 88.0 Å². The molecule has 8 N–H and O–H groups in total. The van der Waals surface area contributed by atoms with Crippen molar-refractivity contribution in [3.05, 3.63) is 0 Å². The molecular formula is C93H153N10O42P. The van der Waals surface area contributed by atoms with E-state index in [1.54, 1.807) is 0 Å². The van der Waals surface area contributed by atoms with E-state index in [4.69, 9.17) is 123 Å². The number of carbonyl (C=O) groups excluding carboxylic acids is 17. The molecule has 1 aliphatic carbocycles. The van der Waals surface area contributed by atoms with Gasteiger partial charge in [0.1, 0.15) is 67.6 Å². The van der Waals surface area contributed by atoms with Crippen molar-refractivity contribution in [2.24, 2.45) is 5.92 Å². The van der Waals surface area contributed by atoms with Gasteiger partial charge in [0.25, 0.3) is 8.53 Å². The van der Waals surface area contributed by atoms with Gasteiger partial charge in [0, 0.05) is 153 Å². The van der Waals surface area contributed by atoms with Crippen LogP contribution < -0.4 is 42.5 Å². The van der Waals surface area contributed by atoms with Crippen molar-refractivity contribution in [1.82, 2.24) is 47.2 Å². The highest BCUT2D eigenvalue weighted by molar-refractivity contribution is 7.44. The van der Waals surface area contributed by atoms with Gasteiger partial charge in [-0.3, -0.25) is 81.5 Å². The van der Waals surface area contributed by atoms with Gasteiger partial charge in [-0.2, -0.15) is 5.26 Å². The lowest BCUT2D eigenvalue weighted by Crippen LogP contribution is -2.66. The molecule has 0 aromatic rings. The number of Topliss-reactive ketones (excluding diaryl/α,β-unsaturated/α-hetero) is 1. The molecule has 0 aromatic heterocycles. The monoisotopic (exact) mass is 2110 g/mol. The van der Waals surface area contributed by atoms with Crippen LogP contribution in [0.1, 0.15) is 181 Å². The summed E-state index contributed by atoms with van der Waals surface area (Å²) >= 11 is 0. The zero-order valence-corrected chi connectivity index (χ0v) is 87.4. The molecule has 0 spiro atoms. The molecule has 146 heavy (non-hydrogen) atoms. The van der Waals surface area contributed by atoms with E-state index >= 15 is 0 Å². The lowest BCUT2D eigenvalue weighted by Gasteiger charge is -2.44. The van der Waals surface area contributed by atoms with Gasteiger partial charge in [0.05, 0.1) is 157 Å². The third-order valence-electron chi connectivity index (χ3n) is 21.5. The largest absolute Gasteiger partial charge is 0.463 e. The molecule has 3 saturated heterocycles. The van der Waals surface area contributed by atoms with E-state index in [2.05, 4.69) is 81.0 Å². The maximum atomic E-state index is 14.2. The van der Waals surface area contributed by atoms with Crippen molar-refractivity contribution in [1.29, 1.82) is 5.26 Å². The number of amides is 7. The number of ketones is 1. The van der Waals surface area contributed by atoms with E-state index in [1.165, 1.54) is 20.8 Å². The standard InChI is InChI=1S/C93H153N10O42P/c1-57(2)103(58(3)4)146(135-33-17-28-94)145-73-21-18-71(19-22-73)20-23-77(117)96-30-39-123-43-42-121-35-27-80(120)102-93(55-127-36-25-78(118)97-31-40-124-45-48-130-91-82(100-60(6)105)88(140-69(15)114)85(137-66(12)111)75(143-91)52-133-63(9)108,56-128-37-26-79(119)98-32-41-125-46-49-131-92-83(101-61(7)106)89(141-70(16)115)86(138-67(13)112)76(144-92)53-134-64(10)109)54-126-34-24-72(116)50-95-29-38-122-44-47-129-90-81(99-59(5)104)87(139-68(14)113)84(136-65(11)110)74(142-90)51-132-62(8)107/h57-58,71,73-76,81-92,95H,17-27,29-56H2,1-16H3,(H,96,117)(H,97,118)(H,98,119)(H,99,104)(H,100,105)(H,101,106)(H,102,120)/t71?,73?,74-,75-,76-,81-,82-,83-,84+,85+,86+,87-,88-,89-,90-,91-,92-,146?/m1/s1. The molecule has 3 aliphatic heterocycles. The normalized spacial score (nSPS) is 22.6. The highest BCUT2D eigenvalue weighted by Crippen LogP contribution is 2.49. The fourth-order valence-corrected chi connectivity index (χ4v) is 17.2. The summed E-state index contributed by atoms with van der Waals surface area (Å²) in [6, 6.07) is -1.21. The molecule has 1 saturated carbocycles. The fraction of sp³-hybridized carbons (Fsp3) is 0.806. The second-order valence-electron chi connectivity index (χ2n) is 34.9. The Morgan fingerprint density at radius 1 is 0.370 bits per heavy atom. The molecule has 7 amide bonds.